The molecule has 0 aliphatic heterocycles. The number of sulfone groups is 1. The summed E-state index contributed by atoms with van der Waals surface area (Å²) < 4.78 is 23.9. The maximum absolute atomic E-state index is 12.8. The summed E-state index contributed by atoms with van der Waals surface area (Å²) in [4.78, 5) is 11.6. The molecule has 1 fully saturated rings. The summed E-state index contributed by atoms with van der Waals surface area (Å²) in [5.74, 6) is -1.23. The lowest BCUT2D eigenvalue weighted by Crippen LogP contribution is -2.58. The molecule has 116 valence electrons. The van der Waals surface area contributed by atoms with E-state index in [4.69, 9.17) is 11.6 Å². The lowest BCUT2D eigenvalue weighted by atomic mass is 9.62. The summed E-state index contributed by atoms with van der Waals surface area (Å²) in [6.45, 7) is 5.97. The van der Waals surface area contributed by atoms with Gasteiger partial charge in [0.2, 0.25) is 0 Å². The Morgan fingerprint density at radius 3 is 2.24 bits per heavy atom. The van der Waals surface area contributed by atoms with E-state index in [0.717, 1.165) is 0 Å². The van der Waals surface area contributed by atoms with Gasteiger partial charge in [0.05, 0.1) is 9.92 Å². The highest BCUT2D eigenvalue weighted by atomic mass is 35.5. The normalized spacial score (nSPS) is 26.2. The molecule has 0 unspecified atom stereocenters. The summed E-state index contributed by atoms with van der Waals surface area (Å²) in [6, 6.07) is 6.00. The third-order valence-corrected chi connectivity index (χ3v) is 7.32. The molecule has 1 saturated carbocycles. The SMILES string of the molecule is CC(C)(C)C1CC(C(=O)O)(S(=O)(=O)c2ccccc2Cl)C1. The van der Waals surface area contributed by atoms with Gasteiger partial charge in [0.1, 0.15) is 0 Å². The van der Waals surface area contributed by atoms with Gasteiger partial charge in [-0.2, -0.15) is 0 Å². The predicted octanol–water partition coefficient (Wildman–Crippen LogP) is 3.39. The lowest BCUT2D eigenvalue weighted by Gasteiger charge is -2.49. The number of aliphatic carboxylic acids is 1. The Morgan fingerprint density at radius 1 is 1.29 bits per heavy atom. The van der Waals surface area contributed by atoms with Crippen LogP contribution in [0, 0.1) is 11.3 Å². The van der Waals surface area contributed by atoms with Crippen LogP contribution in [0.3, 0.4) is 0 Å². The van der Waals surface area contributed by atoms with Crippen molar-refractivity contribution in [1.29, 1.82) is 0 Å². The minimum Gasteiger partial charge on any atom is -0.480 e. The molecule has 0 saturated heterocycles. The summed E-state index contributed by atoms with van der Waals surface area (Å²) in [5.41, 5.74) is -0.116. The van der Waals surface area contributed by atoms with Gasteiger partial charge in [0.15, 0.2) is 14.6 Å². The highest BCUT2D eigenvalue weighted by Crippen LogP contribution is 2.53. The van der Waals surface area contributed by atoms with E-state index < -0.39 is 20.6 Å². The number of benzene rings is 1. The molecule has 1 aromatic rings. The maximum atomic E-state index is 12.8. The molecule has 1 aromatic carbocycles. The smallest absolute Gasteiger partial charge is 0.325 e. The van der Waals surface area contributed by atoms with E-state index in [1.165, 1.54) is 12.1 Å². The van der Waals surface area contributed by atoms with Crippen LogP contribution in [0.25, 0.3) is 0 Å². The quantitative estimate of drug-likeness (QED) is 0.922. The van der Waals surface area contributed by atoms with Crippen LogP contribution in [-0.2, 0) is 14.6 Å². The molecule has 0 aromatic heterocycles. The third kappa shape index (κ3) is 2.46. The molecule has 0 heterocycles. The molecule has 21 heavy (non-hydrogen) atoms. The molecule has 1 aliphatic rings. The zero-order valence-corrected chi connectivity index (χ0v) is 13.8. The average Bonchev–Trinajstić information content (AvgIpc) is 2.24. The first-order valence-corrected chi connectivity index (χ1v) is 8.61. The molecule has 0 radical (unpaired) electrons. The molecule has 1 N–H and O–H groups in total. The fourth-order valence-corrected chi connectivity index (χ4v) is 5.25. The van der Waals surface area contributed by atoms with Crippen molar-refractivity contribution in [3.05, 3.63) is 29.3 Å². The van der Waals surface area contributed by atoms with Crippen LogP contribution in [0.4, 0.5) is 0 Å². The Balaban J connectivity index is 2.47. The molecular weight excluding hydrogens is 312 g/mol. The van der Waals surface area contributed by atoms with Gasteiger partial charge in [-0.1, -0.05) is 44.5 Å². The molecule has 0 spiro atoms. The van der Waals surface area contributed by atoms with E-state index in [-0.39, 0.29) is 34.1 Å². The summed E-state index contributed by atoms with van der Waals surface area (Å²) in [7, 11) is -4.02. The van der Waals surface area contributed by atoms with E-state index in [1.54, 1.807) is 12.1 Å². The zero-order valence-electron chi connectivity index (χ0n) is 12.3. The summed E-state index contributed by atoms with van der Waals surface area (Å²) in [5, 5.41) is 9.60. The molecule has 0 bridgehead atoms. The first kappa shape index (κ1) is 16.3. The fourth-order valence-electron chi connectivity index (χ4n) is 2.73. The Hall–Kier alpha value is -1.07. The Labute approximate surface area is 130 Å². The van der Waals surface area contributed by atoms with Crippen molar-refractivity contribution in [2.45, 2.75) is 43.3 Å². The van der Waals surface area contributed by atoms with Crippen molar-refractivity contribution in [2.24, 2.45) is 11.3 Å². The minimum absolute atomic E-state index is 0.0610. The van der Waals surface area contributed by atoms with E-state index >= 15 is 0 Å². The van der Waals surface area contributed by atoms with E-state index in [1.807, 2.05) is 20.8 Å². The Morgan fingerprint density at radius 2 is 1.81 bits per heavy atom. The second kappa shape index (κ2) is 4.99. The standard InChI is InChI=1S/C15H19ClO4S/c1-14(2,3)10-8-15(9-10,13(17)18)21(19,20)12-7-5-4-6-11(12)16/h4-7,10H,8-9H2,1-3H3,(H,17,18). The van der Waals surface area contributed by atoms with Crippen LogP contribution < -0.4 is 0 Å². The molecule has 0 amide bonds. The molecule has 0 atom stereocenters. The monoisotopic (exact) mass is 330 g/mol. The second-order valence-corrected chi connectivity index (χ2v) is 9.34. The topological polar surface area (TPSA) is 71.4 Å². The Kier molecular flexibility index (Phi) is 3.87. The number of carboxylic acid groups (broad SMARTS) is 1. The number of rotatable bonds is 3. The van der Waals surface area contributed by atoms with Crippen molar-refractivity contribution in [3.8, 4) is 0 Å². The highest BCUT2D eigenvalue weighted by Gasteiger charge is 2.62. The maximum Gasteiger partial charge on any atom is 0.325 e. The number of hydrogen-bond donors (Lipinski definition) is 1. The molecular formula is C15H19ClO4S. The first-order valence-electron chi connectivity index (χ1n) is 6.75. The number of halogens is 1. The second-order valence-electron chi connectivity index (χ2n) is 6.70. The van der Waals surface area contributed by atoms with Gasteiger partial charge in [0, 0.05) is 0 Å². The highest BCUT2D eigenvalue weighted by molar-refractivity contribution is 7.93. The van der Waals surface area contributed by atoms with Gasteiger partial charge in [-0.05, 0) is 36.3 Å². The number of carboxylic acids is 1. The van der Waals surface area contributed by atoms with Crippen LogP contribution in [-0.4, -0.2) is 24.2 Å². The van der Waals surface area contributed by atoms with Crippen molar-refractivity contribution in [3.63, 3.8) is 0 Å². The number of carbonyl (C=O) groups is 1. The fraction of sp³-hybridized carbons (Fsp3) is 0.533. The molecule has 2 rings (SSSR count). The van der Waals surface area contributed by atoms with Gasteiger partial charge in [0.25, 0.3) is 0 Å². The van der Waals surface area contributed by atoms with E-state index in [2.05, 4.69) is 0 Å². The molecule has 4 nitrogen and oxygen atoms in total. The lowest BCUT2D eigenvalue weighted by molar-refractivity contribution is -0.145. The van der Waals surface area contributed by atoms with Crippen molar-refractivity contribution >= 4 is 27.4 Å². The zero-order chi connectivity index (χ0) is 16.1. The van der Waals surface area contributed by atoms with Gasteiger partial charge in [-0.25, -0.2) is 8.42 Å². The minimum atomic E-state index is -4.02. The molecule has 1 aliphatic carbocycles. The van der Waals surface area contributed by atoms with Crippen LogP contribution in [0.5, 0.6) is 0 Å². The van der Waals surface area contributed by atoms with Crippen molar-refractivity contribution < 1.29 is 18.3 Å². The summed E-state index contributed by atoms with van der Waals surface area (Å²) in [6.07, 6.45) is 0.249. The summed E-state index contributed by atoms with van der Waals surface area (Å²) >= 11 is 5.95. The van der Waals surface area contributed by atoms with Gasteiger partial charge in [-0.3, -0.25) is 4.79 Å². The van der Waals surface area contributed by atoms with Crippen molar-refractivity contribution in [1.82, 2.24) is 0 Å². The predicted molar refractivity (Wildman–Crippen MR) is 81.2 cm³/mol. The van der Waals surface area contributed by atoms with Gasteiger partial charge in [-0.15, -0.1) is 0 Å². The number of hydrogen-bond acceptors (Lipinski definition) is 3. The average molecular weight is 331 g/mol. The van der Waals surface area contributed by atoms with Crippen LogP contribution >= 0.6 is 11.6 Å². The van der Waals surface area contributed by atoms with E-state index in [9.17, 15) is 18.3 Å². The van der Waals surface area contributed by atoms with Crippen molar-refractivity contribution in [2.75, 3.05) is 0 Å². The first-order chi connectivity index (χ1) is 9.52. The van der Waals surface area contributed by atoms with Crippen LogP contribution in [0.1, 0.15) is 33.6 Å². The van der Waals surface area contributed by atoms with Gasteiger partial charge >= 0.3 is 5.97 Å². The van der Waals surface area contributed by atoms with Crippen LogP contribution in [0.2, 0.25) is 5.02 Å². The molecule has 6 heteroatoms. The van der Waals surface area contributed by atoms with Gasteiger partial charge < -0.3 is 5.11 Å². The third-order valence-electron chi connectivity index (χ3n) is 4.41. The van der Waals surface area contributed by atoms with E-state index in [0.29, 0.717) is 0 Å². The largest absolute Gasteiger partial charge is 0.480 e. The Bertz CT molecular complexity index is 667. The van der Waals surface area contributed by atoms with Crippen LogP contribution in [0.15, 0.2) is 29.2 Å².